The molecule has 1 aromatic rings. The van der Waals surface area contributed by atoms with Gasteiger partial charge in [0.25, 0.3) is 5.91 Å². The van der Waals surface area contributed by atoms with Crippen LogP contribution in [-0.4, -0.2) is 102 Å². The van der Waals surface area contributed by atoms with Crippen molar-refractivity contribution in [2.24, 2.45) is 5.92 Å². The quantitative estimate of drug-likeness (QED) is 0.371. The van der Waals surface area contributed by atoms with Gasteiger partial charge in [-0.15, -0.1) is 0 Å². The summed E-state index contributed by atoms with van der Waals surface area (Å²) in [5, 5.41) is 5.11. The summed E-state index contributed by atoms with van der Waals surface area (Å²) in [6, 6.07) is 2.16. The number of carbonyl (C=O) groups is 5. The highest BCUT2D eigenvalue weighted by Gasteiger charge is 2.62. The van der Waals surface area contributed by atoms with Gasteiger partial charge >= 0.3 is 12.1 Å². The van der Waals surface area contributed by atoms with Crippen molar-refractivity contribution in [3.8, 4) is 0 Å². The van der Waals surface area contributed by atoms with Crippen LogP contribution in [0.2, 0.25) is 0 Å². The second-order valence-electron chi connectivity index (χ2n) is 15.5. The minimum Gasteiger partial charge on any atom is -0.444 e. The average molecular weight is 757 g/mol. The zero-order valence-corrected chi connectivity index (χ0v) is 30.9. The molecule has 1 saturated heterocycles. The number of nitrogens with zero attached hydrogens (tertiary/aromatic N) is 3. The summed E-state index contributed by atoms with van der Waals surface area (Å²) < 4.78 is 48.1. The molecule has 3 heterocycles. The number of rotatable bonds is 6. The topological polar surface area (TPSA) is 175 Å². The molecule has 0 radical (unpaired) electrons. The highest BCUT2D eigenvalue weighted by Crippen LogP contribution is 2.46. The van der Waals surface area contributed by atoms with Crippen molar-refractivity contribution in [3.05, 3.63) is 47.3 Å². The van der Waals surface area contributed by atoms with E-state index in [0.29, 0.717) is 43.2 Å². The zero-order valence-electron chi connectivity index (χ0n) is 30.1. The van der Waals surface area contributed by atoms with Gasteiger partial charge in [-0.05, 0) is 63.0 Å². The number of benzene rings is 1. The standard InChI is InChI=1S/C37H49FN6O8S/c1-42(25-12-7-8-13-25)35(48)39-30-15-6-4-2-3-5-11-24-19-37(24,34(47)41-53(50,51)27-16-17-27)40-32(45)31-18-26(21-44(31)33(30)46)52-36(49)43-20-23-10-9-14-29(38)28(23)22-43/h5,9-11,14,24-27,30-31H,2-4,6-8,12-13,15-22H2,1H3,(H,39,48)(H,40,45)(H,41,47)/t24-,26-,30+,31+,37-/m1/s1. The molecule has 0 unspecified atom stereocenters. The Bertz CT molecular complexity index is 1780. The van der Waals surface area contributed by atoms with Crippen molar-refractivity contribution < 1.29 is 41.5 Å². The fourth-order valence-corrected chi connectivity index (χ4v) is 9.65. The maximum Gasteiger partial charge on any atom is 0.410 e. The summed E-state index contributed by atoms with van der Waals surface area (Å²) in [5.41, 5.74) is -0.473. The smallest absolute Gasteiger partial charge is 0.410 e. The lowest BCUT2D eigenvalue weighted by Crippen LogP contribution is -2.59. The Morgan fingerprint density at radius 3 is 2.51 bits per heavy atom. The minimum atomic E-state index is -3.91. The van der Waals surface area contributed by atoms with Gasteiger partial charge in [0.2, 0.25) is 21.8 Å². The molecule has 6 amide bonds. The first-order chi connectivity index (χ1) is 25.4. The highest BCUT2D eigenvalue weighted by atomic mass is 32.2. The van der Waals surface area contributed by atoms with Crippen LogP contribution in [0.15, 0.2) is 30.4 Å². The van der Waals surface area contributed by atoms with Gasteiger partial charge in [-0.2, -0.15) is 0 Å². The second kappa shape index (κ2) is 14.9. The Labute approximate surface area is 309 Å². The molecule has 4 fully saturated rings. The first kappa shape index (κ1) is 37.1. The number of nitrogens with one attached hydrogen (secondary N) is 3. The summed E-state index contributed by atoms with van der Waals surface area (Å²) >= 11 is 0. The fourth-order valence-electron chi connectivity index (χ4n) is 8.28. The van der Waals surface area contributed by atoms with Crippen LogP contribution in [0.5, 0.6) is 0 Å². The van der Waals surface area contributed by atoms with E-state index < -0.39 is 74.5 Å². The van der Waals surface area contributed by atoms with E-state index in [1.807, 2.05) is 12.2 Å². The van der Waals surface area contributed by atoms with E-state index in [9.17, 15) is 36.8 Å². The molecule has 53 heavy (non-hydrogen) atoms. The van der Waals surface area contributed by atoms with Gasteiger partial charge < -0.3 is 25.2 Å². The van der Waals surface area contributed by atoms with Crippen LogP contribution < -0.4 is 15.4 Å². The Hall–Kier alpha value is -4.21. The van der Waals surface area contributed by atoms with E-state index in [1.54, 1.807) is 24.1 Å². The van der Waals surface area contributed by atoms with Crippen LogP contribution >= 0.6 is 0 Å². The number of sulfonamides is 1. The molecule has 5 atom stereocenters. The predicted molar refractivity (Wildman–Crippen MR) is 190 cm³/mol. The van der Waals surface area contributed by atoms with Crippen molar-refractivity contribution in [3.63, 3.8) is 0 Å². The Morgan fingerprint density at radius 2 is 1.77 bits per heavy atom. The third-order valence-electron chi connectivity index (χ3n) is 11.8. The number of urea groups is 1. The molecule has 16 heteroatoms. The van der Waals surface area contributed by atoms with E-state index >= 15 is 0 Å². The number of carbonyl (C=O) groups excluding carboxylic acids is 5. The van der Waals surface area contributed by atoms with Gasteiger partial charge in [0.05, 0.1) is 18.3 Å². The van der Waals surface area contributed by atoms with E-state index in [0.717, 1.165) is 38.5 Å². The molecule has 0 spiro atoms. The van der Waals surface area contributed by atoms with Gasteiger partial charge in [0.15, 0.2) is 0 Å². The zero-order chi connectivity index (χ0) is 37.5. The summed E-state index contributed by atoms with van der Waals surface area (Å²) in [4.78, 5) is 73.6. The Balaban J connectivity index is 1.13. The first-order valence-electron chi connectivity index (χ1n) is 19.0. The number of allylic oxidation sites excluding steroid dienone is 1. The molecular weight excluding hydrogens is 708 g/mol. The predicted octanol–water partition coefficient (Wildman–Crippen LogP) is 3.20. The van der Waals surface area contributed by atoms with Crippen LogP contribution in [0.3, 0.4) is 0 Å². The highest BCUT2D eigenvalue weighted by molar-refractivity contribution is 7.91. The summed E-state index contributed by atoms with van der Waals surface area (Å²) in [6.45, 7) is 0.00436. The molecule has 288 valence electrons. The van der Waals surface area contributed by atoms with Crippen LogP contribution in [0.1, 0.15) is 94.6 Å². The molecule has 3 aliphatic heterocycles. The number of amides is 6. The SMILES string of the molecule is CN(C(=O)N[C@H]1CCCCCC=C[C@@H]2C[C@@]2(C(=O)NS(=O)(=O)C2CC2)NC(=O)[C@@H]2C[C@@H](OC(=O)N3Cc4cccc(F)c4C3)CN2C1=O)C1CCCC1. The largest absolute Gasteiger partial charge is 0.444 e. The minimum absolute atomic E-state index is 0.0129. The third-order valence-corrected chi connectivity index (χ3v) is 13.6. The Morgan fingerprint density at radius 1 is 1.02 bits per heavy atom. The van der Waals surface area contributed by atoms with E-state index in [-0.39, 0.29) is 44.5 Å². The molecule has 3 aliphatic carbocycles. The van der Waals surface area contributed by atoms with E-state index in [4.69, 9.17) is 4.74 Å². The van der Waals surface area contributed by atoms with Crippen LogP contribution in [0.4, 0.5) is 14.0 Å². The van der Waals surface area contributed by atoms with E-state index in [2.05, 4.69) is 15.4 Å². The lowest BCUT2D eigenvalue weighted by atomic mass is 10.0. The monoisotopic (exact) mass is 756 g/mol. The van der Waals surface area contributed by atoms with E-state index in [1.165, 1.54) is 15.9 Å². The summed E-state index contributed by atoms with van der Waals surface area (Å²) in [5.74, 6) is -2.90. The first-order valence-corrected chi connectivity index (χ1v) is 20.5. The number of halogens is 1. The average Bonchev–Trinajstić information content (AvgIpc) is 3.88. The fraction of sp³-hybridized carbons (Fsp3) is 0.649. The molecular formula is C37H49FN6O8S. The van der Waals surface area contributed by atoms with Crippen molar-refractivity contribution in [2.45, 2.75) is 132 Å². The third kappa shape index (κ3) is 7.88. The number of ether oxygens (including phenoxy) is 1. The van der Waals surface area contributed by atoms with Crippen LogP contribution in [0, 0.1) is 11.7 Å². The molecule has 0 bridgehead atoms. The van der Waals surface area contributed by atoms with Crippen LogP contribution in [-0.2, 0) is 42.2 Å². The molecule has 7 rings (SSSR count). The van der Waals surface area contributed by atoms with Crippen molar-refractivity contribution >= 4 is 39.9 Å². The van der Waals surface area contributed by atoms with Gasteiger partial charge in [0, 0.05) is 37.5 Å². The maximum atomic E-state index is 14.5. The van der Waals surface area contributed by atoms with Gasteiger partial charge in [-0.3, -0.25) is 24.0 Å². The van der Waals surface area contributed by atoms with Crippen molar-refractivity contribution in [1.29, 1.82) is 0 Å². The normalized spacial score (nSPS) is 29.2. The molecule has 1 aromatic carbocycles. The van der Waals surface area contributed by atoms with Crippen LogP contribution in [0.25, 0.3) is 0 Å². The lowest BCUT2D eigenvalue weighted by molar-refractivity contribution is -0.141. The Kier molecular flexibility index (Phi) is 10.4. The number of hydrogen-bond donors (Lipinski definition) is 3. The van der Waals surface area contributed by atoms with Gasteiger partial charge in [0.1, 0.15) is 29.5 Å². The van der Waals surface area contributed by atoms with Gasteiger partial charge in [-0.1, -0.05) is 50.0 Å². The van der Waals surface area contributed by atoms with Crippen molar-refractivity contribution in [2.75, 3.05) is 13.6 Å². The summed E-state index contributed by atoms with van der Waals surface area (Å²) in [7, 11) is -2.19. The van der Waals surface area contributed by atoms with Crippen molar-refractivity contribution in [1.82, 2.24) is 30.1 Å². The number of fused-ring (bicyclic) bond motifs is 3. The maximum absolute atomic E-state index is 14.5. The summed E-state index contributed by atoms with van der Waals surface area (Å²) in [6.07, 6.45) is 10.1. The van der Waals surface area contributed by atoms with Gasteiger partial charge in [-0.25, -0.2) is 22.4 Å². The lowest BCUT2D eigenvalue weighted by Gasteiger charge is -2.32. The molecule has 3 saturated carbocycles. The second-order valence-corrected chi connectivity index (χ2v) is 17.5. The molecule has 14 nitrogen and oxygen atoms in total. The molecule has 0 aromatic heterocycles. The molecule has 6 aliphatic rings. The number of hydrogen-bond acceptors (Lipinski definition) is 8. The molecule has 3 N–H and O–H groups in total.